The topological polar surface area (TPSA) is 40.5 Å². The lowest BCUT2D eigenvalue weighted by Crippen LogP contribution is -2.29. The van der Waals surface area contributed by atoms with Crippen molar-refractivity contribution in [3.05, 3.63) is 35.1 Å². The summed E-state index contributed by atoms with van der Waals surface area (Å²) in [5.41, 5.74) is 0.478. The van der Waals surface area contributed by atoms with Gasteiger partial charge in [0.25, 0.3) is 0 Å². The lowest BCUT2D eigenvalue weighted by Gasteiger charge is -2.26. The van der Waals surface area contributed by atoms with Crippen LogP contribution in [-0.4, -0.2) is 29.1 Å². The molecule has 0 unspecified atom stereocenters. The minimum atomic E-state index is -0.833. The number of carbonyl (C=O) groups is 1. The van der Waals surface area contributed by atoms with Crippen LogP contribution in [0.15, 0.2) is 18.2 Å². The van der Waals surface area contributed by atoms with Crippen LogP contribution in [0.25, 0.3) is 0 Å². The number of nitrogens with zero attached hydrogens (tertiary/aromatic N) is 1. The van der Waals surface area contributed by atoms with Gasteiger partial charge in [-0.2, -0.15) is 0 Å². The van der Waals surface area contributed by atoms with E-state index in [1.807, 2.05) is 0 Å². The Hall–Kier alpha value is -1.42. The van der Waals surface area contributed by atoms with Crippen molar-refractivity contribution in [1.29, 1.82) is 0 Å². The highest BCUT2D eigenvalue weighted by molar-refractivity contribution is 5.84. The van der Waals surface area contributed by atoms with Crippen molar-refractivity contribution in [2.24, 2.45) is 0 Å². The van der Waals surface area contributed by atoms with Crippen molar-refractivity contribution in [2.45, 2.75) is 44.1 Å². The van der Waals surface area contributed by atoms with Gasteiger partial charge in [-0.05, 0) is 50.4 Å². The third-order valence-corrected chi connectivity index (χ3v) is 4.61. The molecule has 3 rings (SSSR count). The summed E-state index contributed by atoms with van der Waals surface area (Å²) in [5, 5.41) is 9.25. The molecule has 0 aromatic heterocycles. The van der Waals surface area contributed by atoms with Crippen LogP contribution in [-0.2, 0) is 16.8 Å². The van der Waals surface area contributed by atoms with Crippen LogP contribution in [0.2, 0.25) is 0 Å². The molecule has 1 N–H and O–H groups in total. The van der Waals surface area contributed by atoms with Crippen molar-refractivity contribution in [3.8, 4) is 0 Å². The number of aliphatic carboxylic acids is 1. The average molecular weight is 277 g/mol. The fourth-order valence-corrected chi connectivity index (χ4v) is 3.08. The molecule has 2 aliphatic rings. The molecule has 1 saturated carbocycles. The second kappa shape index (κ2) is 5.17. The Kier molecular flexibility index (Phi) is 3.50. The predicted molar refractivity (Wildman–Crippen MR) is 74.1 cm³/mol. The van der Waals surface area contributed by atoms with Crippen LogP contribution in [0.3, 0.4) is 0 Å². The van der Waals surface area contributed by atoms with Gasteiger partial charge in [-0.15, -0.1) is 0 Å². The third kappa shape index (κ3) is 2.44. The molecule has 1 aliphatic carbocycles. The number of benzene rings is 1. The molecular weight excluding hydrogens is 257 g/mol. The lowest BCUT2D eigenvalue weighted by molar-refractivity contribution is -0.140. The lowest BCUT2D eigenvalue weighted by atomic mass is 9.94. The molecule has 1 aliphatic heterocycles. The van der Waals surface area contributed by atoms with Crippen LogP contribution < -0.4 is 0 Å². The van der Waals surface area contributed by atoms with Gasteiger partial charge in [0.1, 0.15) is 5.82 Å². The van der Waals surface area contributed by atoms with E-state index in [0.29, 0.717) is 30.5 Å². The van der Waals surface area contributed by atoms with Gasteiger partial charge in [-0.3, -0.25) is 9.69 Å². The summed E-state index contributed by atoms with van der Waals surface area (Å²) < 4.78 is 14.2. The molecule has 0 bridgehead atoms. The molecule has 0 amide bonds. The molecule has 4 heteroatoms. The summed E-state index contributed by atoms with van der Waals surface area (Å²) in [7, 11) is 0. The van der Waals surface area contributed by atoms with Gasteiger partial charge < -0.3 is 5.11 Å². The third-order valence-electron chi connectivity index (χ3n) is 4.61. The Morgan fingerprint density at radius 1 is 1.25 bits per heavy atom. The number of likely N-dealkylation sites (tertiary alicyclic amines) is 1. The molecule has 20 heavy (non-hydrogen) atoms. The second-order valence-corrected chi connectivity index (χ2v) is 6.03. The van der Waals surface area contributed by atoms with Crippen LogP contribution in [0.1, 0.15) is 43.2 Å². The van der Waals surface area contributed by atoms with Gasteiger partial charge in [-0.25, -0.2) is 4.39 Å². The Labute approximate surface area is 118 Å². The maximum Gasteiger partial charge on any atom is 0.314 e. The largest absolute Gasteiger partial charge is 0.481 e. The van der Waals surface area contributed by atoms with Crippen LogP contribution in [0.4, 0.5) is 4.39 Å². The second-order valence-electron chi connectivity index (χ2n) is 6.03. The van der Waals surface area contributed by atoms with Gasteiger partial charge in [0.2, 0.25) is 0 Å². The Morgan fingerprint density at radius 3 is 2.50 bits per heavy atom. The van der Waals surface area contributed by atoms with Crippen LogP contribution >= 0.6 is 0 Å². The summed E-state index contributed by atoms with van der Waals surface area (Å²) in [4.78, 5) is 13.5. The minimum Gasteiger partial charge on any atom is -0.481 e. The number of halogens is 1. The molecule has 1 aromatic rings. The first-order valence-corrected chi connectivity index (χ1v) is 7.36. The van der Waals surface area contributed by atoms with Gasteiger partial charge in [0.15, 0.2) is 0 Å². The number of hydrogen-bond acceptors (Lipinski definition) is 2. The summed E-state index contributed by atoms with van der Waals surface area (Å²) >= 11 is 0. The SMILES string of the molecule is O=C(O)C1(c2ccc(CN3CCCCC3)c(F)c2)CC1. The van der Waals surface area contributed by atoms with E-state index in [2.05, 4.69) is 4.90 Å². The molecular formula is C16H20FNO2. The Bertz CT molecular complexity index is 519. The van der Waals surface area contributed by atoms with Crippen molar-refractivity contribution in [3.63, 3.8) is 0 Å². The fourth-order valence-electron chi connectivity index (χ4n) is 3.08. The first-order valence-electron chi connectivity index (χ1n) is 7.36. The summed E-state index contributed by atoms with van der Waals surface area (Å²) in [6.45, 7) is 2.69. The first kappa shape index (κ1) is 13.6. The number of carboxylic acids is 1. The predicted octanol–water partition coefficient (Wildman–Crippen LogP) is 2.93. The van der Waals surface area contributed by atoms with Gasteiger partial charge in [0, 0.05) is 12.1 Å². The van der Waals surface area contributed by atoms with Crippen LogP contribution in [0.5, 0.6) is 0 Å². The van der Waals surface area contributed by atoms with E-state index in [4.69, 9.17) is 0 Å². The molecule has 1 aromatic carbocycles. The zero-order chi connectivity index (χ0) is 14.2. The molecule has 1 saturated heterocycles. The quantitative estimate of drug-likeness (QED) is 0.920. The molecule has 0 atom stereocenters. The molecule has 0 spiro atoms. The fraction of sp³-hybridized carbons (Fsp3) is 0.562. The van der Waals surface area contributed by atoms with E-state index in [-0.39, 0.29) is 5.82 Å². The van der Waals surface area contributed by atoms with E-state index in [9.17, 15) is 14.3 Å². The Morgan fingerprint density at radius 2 is 1.95 bits per heavy atom. The van der Waals surface area contributed by atoms with Crippen molar-refractivity contribution >= 4 is 5.97 Å². The van der Waals surface area contributed by atoms with Crippen molar-refractivity contribution in [1.82, 2.24) is 4.90 Å². The highest BCUT2D eigenvalue weighted by atomic mass is 19.1. The van der Waals surface area contributed by atoms with Crippen molar-refractivity contribution in [2.75, 3.05) is 13.1 Å². The Balaban J connectivity index is 1.76. The van der Waals surface area contributed by atoms with Gasteiger partial charge in [-0.1, -0.05) is 18.6 Å². The average Bonchev–Trinajstić information content (AvgIpc) is 3.24. The number of piperidine rings is 1. The minimum absolute atomic E-state index is 0.263. The number of hydrogen-bond donors (Lipinski definition) is 1. The molecule has 0 radical (unpaired) electrons. The van der Waals surface area contributed by atoms with E-state index in [0.717, 1.165) is 13.1 Å². The van der Waals surface area contributed by atoms with Crippen LogP contribution in [0, 0.1) is 5.82 Å². The normalized spacial score (nSPS) is 21.6. The van der Waals surface area contributed by atoms with E-state index in [1.54, 1.807) is 12.1 Å². The van der Waals surface area contributed by atoms with E-state index >= 15 is 0 Å². The summed E-state index contributed by atoms with van der Waals surface area (Å²) in [6.07, 6.45) is 4.86. The standard InChI is InChI=1S/C16H20FNO2/c17-14-10-13(16(6-7-16)15(19)20)5-4-12(14)11-18-8-2-1-3-9-18/h4-5,10H,1-3,6-9,11H2,(H,19,20). The smallest absolute Gasteiger partial charge is 0.314 e. The molecule has 1 heterocycles. The molecule has 108 valence electrons. The molecule has 2 fully saturated rings. The highest BCUT2D eigenvalue weighted by Crippen LogP contribution is 2.48. The maximum atomic E-state index is 14.2. The summed E-state index contributed by atoms with van der Waals surface area (Å²) in [6, 6.07) is 4.99. The monoisotopic (exact) mass is 277 g/mol. The summed E-state index contributed by atoms with van der Waals surface area (Å²) in [5.74, 6) is -1.10. The van der Waals surface area contributed by atoms with Gasteiger partial charge in [0.05, 0.1) is 5.41 Å². The van der Waals surface area contributed by atoms with Gasteiger partial charge >= 0.3 is 5.97 Å². The maximum absolute atomic E-state index is 14.2. The van der Waals surface area contributed by atoms with E-state index in [1.165, 1.54) is 25.3 Å². The first-order chi connectivity index (χ1) is 9.62. The number of rotatable bonds is 4. The molecule has 3 nitrogen and oxygen atoms in total. The number of carboxylic acid groups (broad SMARTS) is 1. The van der Waals surface area contributed by atoms with E-state index < -0.39 is 11.4 Å². The zero-order valence-electron chi connectivity index (χ0n) is 11.6. The van der Waals surface area contributed by atoms with Crippen molar-refractivity contribution < 1.29 is 14.3 Å². The highest BCUT2D eigenvalue weighted by Gasteiger charge is 2.51. The zero-order valence-corrected chi connectivity index (χ0v) is 11.6.